The van der Waals surface area contributed by atoms with Gasteiger partial charge in [0, 0.05) is 13.1 Å². The molecule has 0 rings (SSSR count). The van der Waals surface area contributed by atoms with Crippen LogP contribution >= 0.6 is 0 Å². The normalized spacial score (nSPS) is 11.9. The van der Waals surface area contributed by atoms with Gasteiger partial charge in [0.2, 0.25) is 0 Å². The Kier molecular flexibility index (Phi) is 37.0. The summed E-state index contributed by atoms with van der Waals surface area (Å²) in [5.41, 5.74) is 0. The molecule has 0 saturated heterocycles. The maximum atomic E-state index is 2.84. The molecule has 0 heterocycles. The summed E-state index contributed by atoms with van der Waals surface area (Å²) in [5.74, 6) is 0. The third-order valence-electron chi connectivity index (χ3n) is 9.66. The number of hydrogen-bond donors (Lipinski definition) is 0. The third-order valence-corrected chi connectivity index (χ3v) is 9.66. The number of unbranched alkanes of at least 4 members (excludes halogenated alkanes) is 27. The molecule has 2 nitrogen and oxygen atoms in total. The van der Waals surface area contributed by atoms with Crippen LogP contribution in [-0.4, -0.2) is 49.1 Å². The fourth-order valence-corrected chi connectivity index (χ4v) is 6.51. The van der Waals surface area contributed by atoms with Crippen LogP contribution in [0.2, 0.25) is 0 Å². The maximum absolute atomic E-state index is 2.84. The highest BCUT2D eigenvalue weighted by Crippen LogP contribution is 2.14. The van der Waals surface area contributed by atoms with Gasteiger partial charge in [-0.3, -0.25) is 0 Å². The van der Waals surface area contributed by atoms with Gasteiger partial charge in [0.1, 0.15) is 0 Å². The maximum Gasteiger partial charge on any atom is 0.0109 e. The second kappa shape index (κ2) is 37.1. The Hall–Kier alpha value is -0.0800. The monoisotopic (exact) mass is 593 g/mol. The standard InChI is InChI=1S/C40H84N2/c1-5-9-12-15-18-21-23-26-27-30-33-36-41(8-4)39-40-42(37-34-31-28-24-20-17-14-11-7-3)38-35-32-29-25-22-19-16-13-10-6-2/h5-40H2,1-4H3. The van der Waals surface area contributed by atoms with E-state index >= 15 is 0 Å². The average molecular weight is 593 g/mol. The SMILES string of the molecule is CCCCCCCCCCCCCN(CC)CCN(CCCCCCCCCCC)CCCCCCCCCCCC. The first kappa shape index (κ1) is 41.9. The van der Waals surface area contributed by atoms with Crippen molar-refractivity contribution < 1.29 is 0 Å². The van der Waals surface area contributed by atoms with Crippen molar-refractivity contribution in [2.75, 3.05) is 39.3 Å². The molecule has 0 aromatic carbocycles. The highest BCUT2D eigenvalue weighted by Gasteiger charge is 2.09. The molecule has 0 saturated carbocycles. The summed E-state index contributed by atoms with van der Waals surface area (Å²) in [6, 6.07) is 0. The van der Waals surface area contributed by atoms with Gasteiger partial charge in [0.25, 0.3) is 0 Å². The summed E-state index contributed by atoms with van der Waals surface area (Å²) >= 11 is 0. The molecule has 0 N–H and O–H groups in total. The molecular weight excluding hydrogens is 508 g/mol. The van der Waals surface area contributed by atoms with E-state index in [1.165, 1.54) is 232 Å². The lowest BCUT2D eigenvalue weighted by atomic mass is 10.1. The predicted octanol–water partition coefficient (Wildman–Crippen LogP) is 13.4. The van der Waals surface area contributed by atoms with E-state index in [-0.39, 0.29) is 0 Å². The summed E-state index contributed by atoms with van der Waals surface area (Å²) < 4.78 is 0. The van der Waals surface area contributed by atoms with E-state index in [1.807, 2.05) is 0 Å². The number of rotatable bonds is 37. The molecule has 0 aliphatic heterocycles. The van der Waals surface area contributed by atoms with Crippen molar-refractivity contribution >= 4 is 0 Å². The Bertz CT molecular complexity index is 465. The number of nitrogens with zero attached hydrogens (tertiary/aromatic N) is 2. The van der Waals surface area contributed by atoms with Gasteiger partial charge in [-0.25, -0.2) is 0 Å². The van der Waals surface area contributed by atoms with Crippen molar-refractivity contribution in [3.05, 3.63) is 0 Å². The second-order valence-electron chi connectivity index (χ2n) is 13.8. The topological polar surface area (TPSA) is 6.48 Å². The minimum Gasteiger partial charge on any atom is -0.302 e. The van der Waals surface area contributed by atoms with E-state index in [9.17, 15) is 0 Å². The Morgan fingerprint density at radius 2 is 0.429 bits per heavy atom. The predicted molar refractivity (Wildman–Crippen MR) is 194 cm³/mol. The lowest BCUT2D eigenvalue weighted by molar-refractivity contribution is 0.200. The minimum atomic E-state index is 1.22. The molecule has 254 valence electrons. The van der Waals surface area contributed by atoms with E-state index in [0.717, 1.165) is 0 Å². The van der Waals surface area contributed by atoms with Crippen molar-refractivity contribution in [3.8, 4) is 0 Å². The molecule has 0 atom stereocenters. The third kappa shape index (κ3) is 32.8. The van der Waals surface area contributed by atoms with E-state index in [2.05, 4.69) is 37.5 Å². The Balaban J connectivity index is 4.12. The molecule has 0 aliphatic carbocycles. The van der Waals surface area contributed by atoms with Crippen molar-refractivity contribution in [2.24, 2.45) is 0 Å². The van der Waals surface area contributed by atoms with E-state index in [4.69, 9.17) is 0 Å². The van der Waals surface area contributed by atoms with Crippen molar-refractivity contribution in [3.63, 3.8) is 0 Å². The summed E-state index contributed by atoms with van der Waals surface area (Å²) in [7, 11) is 0. The summed E-state index contributed by atoms with van der Waals surface area (Å²) in [4.78, 5) is 5.59. The summed E-state index contributed by atoms with van der Waals surface area (Å²) in [6.07, 6.45) is 43.3. The van der Waals surface area contributed by atoms with Crippen molar-refractivity contribution in [2.45, 2.75) is 220 Å². The zero-order chi connectivity index (χ0) is 30.6. The molecule has 0 aliphatic rings. The van der Waals surface area contributed by atoms with Crippen LogP contribution in [0.3, 0.4) is 0 Å². The Labute approximate surface area is 268 Å². The van der Waals surface area contributed by atoms with Crippen LogP contribution in [0, 0.1) is 0 Å². The van der Waals surface area contributed by atoms with Crippen molar-refractivity contribution in [1.82, 2.24) is 9.80 Å². The van der Waals surface area contributed by atoms with E-state index in [0.29, 0.717) is 0 Å². The van der Waals surface area contributed by atoms with Gasteiger partial charge in [-0.1, -0.05) is 201 Å². The zero-order valence-electron chi connectivity index (χ0n) is 30.4. The summed E-state index contributed by atoms with van der Waals surface area (Å²) in [5, 5.41) is 0. The van der Waals surface area contributed by atoms with Gasteiger partial charge in [0.05, 0.1) is 0 Å². The van der Waals surface area contributed by atoms with E-state index in [1.54, 1.807) is 0 Å². The first-order chi connectivity index (χ1) is 20.8. The molecular formula is C40H84N2. The smallest absolute Gasteiger partial charge is 0.0109 e. The number of likely N-dealkylation sites (N-methyl/N-ethyl adjacent to an activating group) is 1. The van der Waals surface area contributed by atoms with Crippen LogP contribution < -0.4 is 0 Å². The highest BCUT2D eigenvalue weighted by atomic mass is 15.2. The molecule has 42 heavy (non-hydrogen) atoms. The first-order valence-electron chi connectivity index (χ1n) is 20.2. The average Bonchev–Trinajstić information content (AvgIpc) is 3.00. The Morgan fingerprint density at radius 1 is 0.214 bits per heavy atom. The largest absolute Gasteiger partial charge is 0.302 e. The van der Waals surface area contributed by atoms with Gasteiger partial charge in [-0.2, -0.15) is 0 Å². The summed E-state index contributed by atoms with van der Waals surface area (Å²) in [6.45, 7) is 17.1. The lowest BCUT2D eigenvalue weighted by Gasteiger charge is -2.27. The van der Waals surface area contributed by atoms with Crippen LogP contribution in [0.4, 0.5) is 0 Å². The Morgan fingerprint density at radius 3 is 0.690 bits per heavy atom. The van der Waals surface area contributed by atoms with Gasteiger partial charge in [-0.05, 0) is 45.4 Å². The van der Waals surface area contributed by atoms with Crippen LogP contribution in [0.5, 0.6) is 0 Å². The van der Waals surface area contributed by atoms with Crippen LogP contribution in [0.15, 0.2) is 0 Å². The molecule has 0 aromatic rings. The molecule has 0 fully saturated rings. The van der Waals surface area contributed by atoms with Gasteiger partial charge in [0.15, 0.2) is 0 Å². The fourth-order valence-electron chi connectivity index (χ4n) is 6.51. The van der Waals surface area contributed by atoms with Gasteiger partial charge < -0.3 is 9.80 Å². The molecule has 0 aromatic heterocycles. The molecule has 0 spiro atoms. The molecule has 0 unspecified atom stereocenters. The quantitative estimate of drug-likeness (QED) is 0.0662. The molecule has 0 bridgehead atoms. The second-order valence-corrected chi connectivity index (χ2v) is 13.8. The zero-order valence-corrected chi connectivity index (χ0v) is 30.4. The van der Waals surface area contributed by atoms with E-state index < -0.39 is 0 Å². The molecule has 2 heteroatoms. The fraction of sp³-hybridized carbons (Fsp3) is 1.00. The molecule has 0 radical (unpaired) electrons. The van der Waals surface area contributed by atoms with Crippen LogP contribution in [-0.2, 0) is 0 Å². The van der Waals surface area contributed by atoms with Crippen molar-refractivity contribution in [1.29, 1.82) is 0 Å². The number of hydrogen-bond acceptors (Lipinski definition) is 2. The molecule has 0 amide bonds. The van der Waals surface area contributed by atoms with Gasteiger partial charge in [-0.15, -0.1) is 0 Å². The highest BCUT2D eigenvalue weighted by molar-refractivity contribution is 4.65. The lowest BCUT2D eigenvalue weighted by Crippen LogP contribution is -2.36. The first-order valence-corrected chi connectivity index (χ1v) is 20.2. The minimum absolute atomic E-state index is 1.22. The van der Waals surface area contributed by atoms with Crippen LogP contribution in [0.25, 0.3) is 0 Å². The van der Waals surface area contributed by atoms with Crippen LogP contribution in [0.1, 0.15) is 220 Å². The van der Waals surface area contributed by atoms with Gasteiger partial charge >= 0.3 is 0 Å².